The molecule has 3 heterocycles. The van der Waals surface area contributed by atoms with Crippen LogP contribution in [-0.4, -0.2) is 37.6 Å². The molecule has 0 atom stereocenters. The highest BCUT2D eigenvalue weighted by atomic mass is 32.2. The Bertz CT molecular complexity index is 678. The van der Waals surface area contributed by atoms with Gasteiger partial charge in [0.05, 0.1) is 11.3 Å². The lowest BCUT2D eigenvalue weighted by atomic mass is 10.1. The maximum atomic E-state index is 12.1. The topological polar surface area (TPSA) is 77.7 Å². The van der Waals surface area contributed by atoms with Crippen LogP contribution in [0.25, 0.3) is 0 Å². The number of hydrogen-bond donors (Lipinski definition) is 2. The van der Waals surface area contributed by atoms with Crippen molar-refractivity contribution in [3.8, 4) is 0 Å². The Morgan fingerprint density at radius 1 is 1.45 bits per heavy atom. The monoisotopic (exact) mass is 291 g/mol. The van der Waals surface area contributed by atoms with Crippen molar-refractivity contribution >= 4 is 11.8 Å². The zero-order valence-corrected chi connectivity index (χ0v) is 12.4. The van der Waals surface area contributed by atoms with E-state index < -0.39 is 0 Å². The molecular weight excluding hydrogens is 274 g/mol. The summed E-state index contributed by atoms with van der Waals surface area (Å²) < 4.78 is 0. The molecule has 2 N–H and O–H groups in total. The molecule has 0 bridgehead atoms. The van der Waals surface area contributed by atoms with Gasteiger partial charge in [0, 0.05) is 37.9 Å². The molecule has 0 saturated carbocycles. The molecule has 0 aromatic carbocycles. The first kappa shape index (κ1) is 13.4. The highest BCUT2D eigenvalue weighted by Crippen LogP contribution is 2.17. The highest BCUT2D eigenvalue weighted by Gasteiger charge is 2.21. The largest absolute Gasteiger partial charge is 0.345 e. The van der Waals surface area contributed by atoms with Crippen LogP contribution in [0.5, 0.6) is 0 Å². The van der Waals surface area contributed by atoms with E-state index in [4.69, 9.17) is 0 Å². The maximum Gasteiger partial charge on any atom is 0.256 e. The van der Waals surface area contributed by atoms with Gasteiger partial charge in [0.15, 0.2) is 5.16 Å². The molecule has 20 heavy (non-hydrogen) atoms. The average Bonchev–Trinajstić information content (AvgIpc) is 2.84. The fraction of sp³-hybridized carbons (Fsp3) is 0.462. The van der Waals surface area contributed by atoms with Gasteiger partial charge < -0.3 is 9.97 Å². The van der Waals surface area contributed by atoms with Gasteiger partial charge in [-0.1, -0.05) is 11.8 Å². The van der Waals surface area contributed by atoms with Gasteiger partial charge in [-0.15, -0.1) is 0 Å². The summed E-state index contributed by atoms with van der Waals surface area (Å²) in [6.45, 7) is 4.28. The molecule has 0 aliphatic carbocycles. The predicted molar refractivity (Wildman–Crippen MR) is 77.8 cm³/mol. The second-order valence-electron chi connectivity index (χ2n) is 4.95. The van der Waals surface area contributed by atoms with Gasteiger partial charge in [-0.3, -0.25) is 9.69 Å². The minimum Gasteiger partial charge on any atom is -0.345 e. The van der Waals surface area contributed by atoms with Crippen molar-refractivity contribution in [3.05, 3.63) is 39.3 Å². The van der Waals surface area contributed by atoms with Gasteiger partial charge in [-0.05, 0) is 13.2 Å². The van der Waals surface area contributed by atoms with Gasteiger partial charge >= 0.3 is 0 Å². The van der Waals surface area contributed by atoms with E-state index in [-0.39, 0.29) is 5.56 Å². The van der Waals surface area contributed by atoms with Crippen LogP contribution in [0.2, 0.25) is 0 Å². The van der Waals surface area contributed by atoms with Crippen LogP contribution < -0.4 is 5.56 Å². The predicted octanol–water partition coefficient (Wildman–Crippen LogP) is 1.08. The summed E-state index contributed by atoms with van der Waals surface area (Å²) in [5, 5.41) is 0.700. The van der Waals surface area contributed by atoms with Crippen molar-refractivity contribution in [2.24, 2.45) is 0 Å². The molecule has 1 aliphatic heterocycles. The number of aromatic nitrogens is 4. The minimum atomic E-state index is -0.00941. The van der Waals surface area contributed by atoms with Crippen LogP contribution in [0.15, 0.2) is 16.1 Å². The molecule has 0 amide bonds. The van der Waals surface area contributed by atoms with Crippen LogP contribution in [0.3, 0.4) is 0 Å². The first-order chi connectivity index (χ1) is 9.65. The highest BCUT2D eigenvalue weighted by molar-refractivity contribution is 7.98. The number of imidazole rings is 1. The second-order valence-corrected chi connectivity index (χ2v) is 5.75. The zero-order chi connectivity index (χ0) is 14.1. The number of thioether (sulfide) groups is 1. The SMILES string of the molecule is CSc1nc2c(c(=O)[nH]1)CN(Cc1cnc(C)[nH]1)CC2. The van der Waals surface area contributed by atoms with Crippen LogP contribution >= 0.6 is 11.8 Å². The van der Waals surface area contributed by atoms with Crippen LogP contribution in [-0.2, 0) is 19.5 Å². The number of nitrogens with zero attached hydrogens (tertiary/aromatic N) is 3. The van der Waals surface area contributed by atoms with Gasteiger partial charge in [-0.2, -0.15) is 0 Å². The number of rotatable bonds is 3. The molecule has 2 aromatic heterocycles. The lowest BCUT2D eigenvalue weighted by Crippen LogP contribution is -2.35. The van der Waals surface area contributed by atoms with Crippen molar-refractivity contribution in [2.45, 2.75) is 31.6 Å². The fourth-order valence-electron chi connectivity index (χ4n) is 2.48. The molecular formula is C13H17N5OS. The summed E-state index contributed by atoms with van der Waals surface area (Å²) in [6.07, 6.45) is 4.59. The Morgan fingerprint density at radius 3 is 3.00 bits per heavy atom. The number of aromatic amines is 2. The summed E-state index contributed by atoms with van der Waals surface area (Å²) in [4.78, 5) is 29.1. The Morgan fingerprint density at radius 2 is 2.30 bits per heavy atom. The fourth-order valence-corrected chi connectivity index (χ4v) is 2.88. The lowest BCUT2D eigenvalue weighted by Gasteiger charge is -2.27. The summed E-state index contributed by atoms with van der Waals surface area (Å²) >= 11 is 1.47. The van der Waals surface area contributed by atoms with E-state index in [2.05, 4.69) is 24.8 Å². The van der Waals surface area contributed by atoms with E-state index in [0.29, 0.717) is 11.7 Å². The van der Waals surface area contributed by atoms with Gasteiger partial charge in [0.1, 0.15) is 5.82 Å². The van der Waals surface area contributed by atoms with Gasteiger partial charge in [0.25, 0.3) is 5.56 Å². The maximum absolute atomic E-state index is 12.1. The first-order valence-corrected chi connectivity index (χ1v) is 7.77. The third-order valence-corrected chi connectivity index (χ3v) is 4.05. The van der Waals surface area contributed by atoms with Crippen LogP contribution in [0.1, 0.15) is 22.8 Å². The molecule has 0 saturated heterocycles. The van der Waals surface area contributed by atoms with E-state index >= 15 is 0 Å². The third kappa shape index (κ3) is 2.64. The number of hydrogen-bond acceptors (Lipinski definition) is 5. The molecule has 0 spiro atoms. The average molecular weight is 291 g/mol. The smallest absolute Gasteiger partial charge is 0.256 e. The molecule has 6 nitrogen and oxygen atoms in total. The van der Waals surface area contributed by atoms with E-state index in [0.717, 1.165) is 42.3 Å². The van der Waals surface area contributed by atoms with Gasteiger partial charge in [0.2, 0.25) is 0 Å². The van der Waals surface area contributed by atoms with Crippen LogP contribution in [0.4, 0.5) is 0 Å². The molecule has 0 radical (unpaired) electrons. The molecule has 0 unspecified atom stereocenters. The third-order valence-electron chi connectivity index (χ3n) is 3.47. The standard InChI is InChI=1S/C13H17N5OS/c1-8-14-5-9(15-8)6-18-4-3-11-10(7-18)12(19)17-13(16-11)20-2/h5H,3-4,6-7H2,1-2H3,(H,14,15)(H,16,17,19). The first-order valence-electron chi connectivity index (χ1n) is 6.54. The number of aryl methyl sites for hydroxylation is 1. The van der Waals surface area contributed by atoms with E-state index in [1.54, 1.807) is 0 Å². The van der Waals surface area contributed by atoms with Crippen molar-refractivity contribution in [1.82, 2.24) is 24.8 Å². The van der Waals surface area contributed by atoms with Gasteiger partial charge in [-0.25, -0.2) is 9.97 Å². The van der Waals surface area contributed by atoms with Crippen molar-refractivity contribution in [1.29, 1.82) is 0 Å². The Balaban J connectivity index is 1.80. The number of nitrogens with one attached hydrogen (secondary N) is 2. The minimum absolute atomic E-state index is 0.00941. The van der Waals surface area contributed by atoms with Crippen LogP contribution in [0, 0.1) is 6.92 Å². The number of fused-ring (bicyclic) bond motifs is 1. The van der Waals surface area contributed by atoms with E-state index in [1.807, 2.05) is 19.4 Å². The Labute approximate surface area is 121 Å². The molecule has 106 valence electrons. The summed E-state index contributed by atoms with van der Waals surface area (Å²) in [5.74, 6) is 0.918. The molecule has 2 aromatic rings. The zero-order valence-electron chi connectivity index (χ0n) is 11.6. The summed E-state index contributed by atoms with van der Waals surface area (Å²) in [5.41, 5.74) is 2.81. The lowest BCUT2D eigenvalue weighted by molar-refractivity contribution is 0.238. The quantitative estimate of drug-likeness (QED) is 0.653. The molecule has 1 aliphatic rings. The van der Waals surface area contributed by atoms with E-state index in [1.165, 1.54) is 11.8 Å². The summed E-state index contributed by atoms with van der Waals surface area (Å²) in [6, 6.07) is 0. The Kier molecular flexibility index (Phi) is 3.62. The molecule has 3 rings (SSSR count). The molecule has 7 heteroatoms. The number of H-pyrrole nitrogens is 2. The van der Waals surface area contributed by atoms with Crippen molar-refractivity contribution in [3.63, 3.8) is 0 Å². The second kappa shape index (κ2) is 5.41. The normalized spacial score (nSPS) is 15.3. The van der Waals surface area contributed by atoms with Crippen molar-refractivity contribution < 1.29 is 0 Å². The Hall–Kier alpha value is -1.60. The van der Waals surface area contributed by atoms with Crippen molar-refractivity contribution in [2.75, 3.05) is 12.8 Å². The summed E-state index contributed by atoms with van der Waals surface area (Å²) in [7, 11) is 0. The molecule has 0 fully saturated rings. The van der Waals surface area contributed by atoms with E-state index in [9.17, 15) is 4.79 Å².